The molecule has 0 spiro atoms. The SMILES string of the molecule is CCC(C)N/C(N)=C\CC=NC. The molecule has 0 radical (unpaired) electrons. The summed E-state index contributed by atoms with van der Waals surface area (Å²) < 4.78 is 0. The van der Waals surface area contributed by atoms with Crippen LogP contribution in [-0.2, 0) is 0 Å². The van der Waals surface area contributed by atoms with Gasteiger partial charge in [-0.05, 0) is 19.4 Å². The Kier molecular flexibility index (Phi) is 6.15. The van der Waals surface area contributed by atoms with Gasteiger partial charge in [0.2, 0.25) is 0 Å². The molecule has 3 heteroatoms. The minimum Gasteiger partial charge on any atom is -0.386 e. The molecule has 0 fully saturated rings. The summed E-state index contributed by atoms with van der Waals surface area (Å²) in [4.78, 5) is 3.85. The topological polar surface area (TPSA) is 50.4 Å². The molecule has 3 N–H and O–H groups in total. The van der Waals surface area contributed by atoms with Crippen molar-refractivity contribution < 1.29 is 0 Å². The molecule has 0 rings (SSSR count). The van der Waals surface area contributed by atoms with Gasteiger partial charge < -0.3 is 16.0 Å². The molecule has 0 bridgehead atoms. The molecule has 0 amide bonds. The Morgan fingerprint density at radius 1 is 1.67 bits per heavy atom. The van der Waals surface area contributed by atoms with E-state index in [4.69, 9.17) is 5.73 Å². The van der Waals surface area contributed by atoms with Crippen molar-refractivity contribution in [2.75, 3.05) is 7.05 Å². The third-order valence-electron chi connectivity index (χ3n) is 1.65. The molecule has 0 aromatic carbocycles. The molecule has 12 heavy (non-hydrogen) atoms. The second kappa shape index (κ2) is 6.70. The van der Waals surface area contributed by atoms with Crippen LogP contribution in [0.1, 0.15) is 26.7 Å². The second-order valence-corrected chi connectivity index (χ2v) is 2.79. The van der Waals surface area contributed by atoms with E-state index in [9.17, 15) is 0 Å². The molecule has 0 saturated carbocycles. The number of nitrogens with zero attached hydrogens (tertiary/aromatic N) is 1. The van der Waals surface area contributed by atoms with E-state index in [2.05, 4.69) is 24.2 Å². The fraction of sp³-hybridized carbons (Fsp3) is 0.667. The molecule has 1 atom stereocenters. The van der Waals surface area contributed by atoms with Gasteiger partial charge in [0.1, 0.15) is 0 Å². The highest BCUT2D eigenvalue weighted by Gasteiger charge is 1.95. The summed E-state index contributed by atoms with van der Waals surface area (Å²) in [5.41, 5.74) is 5.68. The van der Waals surface area contributed by atoms with Gasteiger partial charge in [-0.25, -0.2) is 0 Å². The van der Waals surface area contributed by atoms with E-state index in [1.54, 1.807) is 7.05 Å². The van der Waals surface area contributed by atoms with Crippen LogP contribution in [0.2, 0.25) is 0 Å². The van der Waals surface area contributed by atoms with Gasteiger partial charge in [-0.1, -0.05) is 6.92 Å². The van der Waals surface area contributed by atoms with Gasteiger partial charge in [0.25, 0.3) is 0 Å². The lowest BCUT2D eigenvalue weighted by Gasteiger charge is -2.12. The first kappa shape index (κ1) is 11.0. The van der Waals surface area contributed by atoms with Crippen LogP contribution in [0, 0.1) is 0 Å². The number of rotatable bonds is 5. The monoisotopic (exact) mass is 169 g/mol. The highest BCUT2D eigenvalue weighted by atomic mass is 15.0. The summed E-state index contributed by atoms with van der Waals surface area (Å²) in [5, 5.41) is 3.17. The first-order chi connectivity index (χ1) is 5.70. The maximum atomic E-state index is 5.68. The first-order valence-corrected chi connectivity index (χ1v) is 4.33. The fourth-order valence-corrected chi connectivity index (χ4v) is 0.731. The quantitative estimate of drug-likeness (QED) is 0.609. The molecule has 0 aliphatic rings. The minimum absolute atomic E-state index is 0.444. The van der Waals surface area contributed by atoms with Crippen molar-refractivity contribution in [1.29, 1.82) is 0 Å². The maximum absolute atomic E-state index is 5.68. The van der Waals surface area contributed by atoms with Gasteiger partial charge in [-0.15, -0.1) is 0 Å². The number of hydrogen-bond acceptors (Lipinski definition) is 3. The summed E-state index contributed by atoms with van der Waals surface area (Å²) >= 11 is 0. The summed E-state index contributed by atoms with van der Waals surface area (Å²) in [6.45, 7) is 4.23. The van der Waals surface area contributed by atoms with E-state index in [0.717, 1.165) is 18.7 Å². The van der Waals surface area contributed by atoms with Gasteiger partial charge in [-0.2, -0.15) is 0 Å². The normalized spacial score (nSPS) is 15.1. The Balaban J connectivity index is 3.69. The predicted molar refractivity (Wildman–Crippen MR) is 54.2 cm³/mol. The van der Waals surface area contributed by atoms with Crippen LogP contribution in [0.5, 0.6) is 0 Å². The number of nitrogens with one attached hydrogen (secondary N) is 1. The number of allylic oxidation sites excluding steroid dienone is 1. The van der Waals surface area contributed by atoms with Crippen LogP contribution in [0.15, 0.2) is 16.9 Å². The van der Waals surface area contributed by atoms with Crippen LogP contribution in [0.4, 0.5) is 0 Å². The molecule has 0 saturated heterocycles. The van der Waals surface area contributed by atoms with Gasteiger partial charge in [0, 0.05) is 25.7 Å². The molecular formula is C9H19N3. The highest BCUT2D eigenvalue weighted by molar-refractivity contribution is 5.59. The zero-order valence-electron chi connectivity index (χ0n) is 8.17. The van der Waals surface area contributed by atoms with Crippen molar-refractivity contribution in [2.24, 2.45) is 10.7 Å². The Bertz CT molecular complexity index is 161. The molecule has 3 nitrogen and oxygen atoms in total. The zero-order chi connectivity index (χ0) is 9.40. The van der Waals surface area contributed by atoms with Gasteiger partial charge >= 0.3 is 0 Å². The standard InChI is InChI=1S/C9H19N3/c1-4-8(2)12-9(10)6-5-7-11-3/h6-8,12H,4-5,10H2,1-3H3/b9-6-,11-7?. The largest absolute Gasteiger partial charge is 0.386 e. The van der Waals surface area contributed by atoms with Crippen LogP contribution in [0.3, 0.4) is 0 Å². The van der Waals surface area contributed by atoms with Crippen molar-refractivity contribution in [3.63, 3.8) is 0 Å². The van der Waals surface area contributed by atoms with Crippen molar-refractivity contribution in [3.05, 3.63) is 11.9 Å². The van der Waals surface area contributed by atoms with E-state index >= 15 is 0 Å². The van der Waals surface area contributed by atoms with E-state index < -0.39 is 0 Å². The molecule has 0 aromatic rings. The smallest absolute Gasteiger partial charge is 0.0924 e. The molecule has 70 valence electrons. The number of hydrogen-bond donors (Lipinski definition) is 2. The lowest BCUT2D eigenvalue weighted by molar-refractivity contribution is 0.590. The maximum Gasteiger partial charge on any atom is 0.0924 e. The Labute approximate surface area is 74.8 Å². The minimum atomic E-state index is 0.444. The first-order valence-electron chi connectivity index (χ1n) is 4.33. The van der Waals surface area contributed by atoms with E-state index in [1.165, 1.54) is 0 Å². The lowest BCUT2D eigenvalue weighted by Crippen LogP contribution is -2.28. The van der Waals surface area contributed by atoms with Gasteiger partial charge in [0.15, 0.2) is 0 Å². The Hall–Kier alpha value is -0.990. The Morgan fingerprint density at radius 3 is 2.83 bits per heavy atom. The third kappa shape index (κ3) is 5.77. The van der Waals surface area contributed by atoms with E-state index in [0.29, 0.717) is 6.04 Å². The molecule has 1 unspecified atom stereocenters. The Morgan fingerprint density at radius 2 is 2.33 bits per heavy atom. The van der Waals surface area contributed by atoms with Crippen molar-refractivity contribution in [3.8, 4) is 0 Å². The predicted octanol–water partition coefficient (Wildman–Crippen LogP) is 1.27. The summed E-state index contributed by atoms with van der Waals surface area (Å²) in [5.74, 6) is 0.740. The molecule has 0 heterocycles. The lowest BCUT2D eigenvalue weighted by atomic mass is 10.2. The van der Waals surface area contributed by atoms with Crippen molar-refractivity contribution in [1.82, 2.24) is 5.32 Å². The van der Waals surface area contributed by atoms with Crippen LogP contribution >= 0.6 is 0 Å². The fourth-order valence-electron chi connectivity index (χ4n) is 0.731. The summed E-state index contributed by atoms with van der Waals surface area (Å²) in [6, 6.07) is 0.444. The molecule has 0 aromatic heterocycles. The second-order valence-electron chi connectivity index (χ2n) is 2.79. The van der Waals surface area contributed by atoms with E-state index in [1.807, 2.05) is 12.3 Å². The number of aliphatic imine (C=N–C) groups is 1. The molecule has 0 aliphatic heterocycles. The molecule has 0 aliphatic carbocycles. The van der Waals surface area contributed by atoms with E-state index in [-0.39, 0.29) is 0 Å². The van der Waals surface area contributed by atoms with Crippen LogP contribution in [0.25, 0.3) is 0 Å². The average molecular weight is 169 g/mol. The molecular weight excluding hydrogens is 150 g/mol. The summed E-state index contributed by atoms with van der Waals surface area (Å²) in [7, 11) is 1.76. The number of nitrogens with two attached hydrogens (primary N) is 1. The highest BCUT2D eigenvalue weighted by Crippen LogP contribution is 1.91. The van der Waals surface area contributed by atoms with Crippen LogP contribution < -0.4 is 11.1 Å². The van der Waals surface area contributed by atoms with Crippen molar-refractivity contribution in [2.45, 2.75) is 32.7 Å². The van der Waals surface area contributed by atoms with Crippen LogP contribution in [-0.4, -0.2) is 19.3 Å². The van der Waals surface area contributed by atoms with Gasteiger partial charge in [0.05, 0.1) is 5.82 Å². The van der Waals surface area contributed by atoms with Crippen molar-refractivity contribution >= 4 is 6.21 Å². The third-order valence-corrected chi connectivity index (χ3v) is 1.65. The average Bonchev–Trinajstić information content (AvgIpc) is 2.05. The summed E-state index contributed by atoms with van der Waals surface area (Å²) in [6.07, 6.45) is 5.63. The van der Waals surface area contributed by atoms with Gasteiger partial charge in [-0.3, -0.25) is 0 Å². The zero-order valence-corrected chi connectivity index (χ0v) is 8.17.